The Labute approximate surface area is 252 Å². The van der Waals surface area contributed by atoms with Gasteiger partial charge in [-0.1, -0.05) is 52.8 Å². The summed E-state index contributed by atoms with van der Waals surface area (Å²) in [6.45, 7) is 11.6. The molecule has 0 spiro atoms. The van der Waals surface area contributed by atoms with Crippen LogP contribution in [-0.4, -0.2) is 86.5 Å². The molecule has 0 aromatic heterocycles. The summed E-state index contributed by atoms with van der Waals surface area (Å²) >= 11 is 0. The molecular formula is C33H44O10. The highest BCUT2D eigenvalue weighted by Crippen LogP contribution is 2.63. The molecule has 10 atom stereocenters. The summed E-state index contributed by atoms with van der Waals surface area (Å²) in [6, 6.07) is 8.13. The fraction of sp³-hybridized carbons (Fsp3) is 0.667. The van der Waals surface area contributed by atoms with Crippen molar-refractivity contribution < 1.29 is 49.0 Å². The number of hydrogen-bond donors (Lipinski definition) is 4. The number of hydrogen-bond acceptors (Lipinski definition) is 10. The number of ether oxygens (including phenoxy) is 3. The molecule has 0 amide bonds. The van der Waals surface area contributed by atoms with E-state index in [0.29, 0.717) is 5.57 Å². The Morgan fingerprint density at radius 3 is 2.21 bits per heavy atom. The van der Waals surface area contributed by atoms with Gasteiger partial charge >= 0.3 is 11.9 Å². The third-order valence-corrected chi connectivity index (χ3v) is 11.2. The first-order valence-electron chi connectivity index (χ1n) is 15.1. The Kier molecular flexibility index (Phi) is 7.75. The van der Waals surface area contributed by atoms with Crippen LogP contribution < -0.4 is 0 Å². The van der Waals surface area contributed by atoms with Gasteiger partial charge in [0.1, 0.15) is 29.5 Å². The van der Waals surface area contributed by atoms with Gasteiger partial charge in [0.25, 0.3) is 0 Å². The van der Waals surface area contributed by atoms with Crippen LogP contribution in [0.15, 0.2) is 41.5 Å². The Hall–Kier alpha value is -2.63. The second kappa shape index (κ2) is 10.5. The van der Waals surface area contributed by atoms with Crippen molar-refractivity contribution in [3.8, 4) is 0 Å². The summed E-state index contributed by atoms with van der Waals surface area (Å²) < 4.78 is 17.8. The first-order valence-corrected chi connectivity index (χ1v) is 15.1. The number of carbonyl (C=O) groups is 3. The van der Waals surface area contributed by atoms with E-state index >= 15 is 0 Å². The number of ketones is 1. The summed E-state index contributed by atoms with van der Waals surface area (Å²) in [7, 11) is 0. The molecular weight excluding hydrogens is 556 g/mol. The van der Waals surface area contributed by atoms with E-state index in [4.69, 9.17) is 14.2 Å². The maximum Gasteiger partial charge on any atom is 0.338 e. The third-order valence-electron chi connectivity index (χ3n) is 11.2. The van der Waals surface area contributed by atoms with Crippen LogP contribution in [0.3, 0.4) is 0 Å². The standard InChI is InChI=1S/C33H44O10/c1-16(2)17(3)28(37)42-20-14-33(40)27(43-29(38)19-11-9-8-10-12-19)25-31(7,21(34)13-22-32(25,39)15-41-22)26(36)24(35)23(18(20)4)30(33,5)6/h8-12,16-17,20-22,24-25,27,34-35,39-40H,13-15H2,1-7H3/t17-,20?,21?,22?,24?,25?,27?,31-,32+,33?/m1/s1. The smallest absolute Gasteiger partial charge is 0.338 e. The van der Waals surface area contributed by atoms with Gasteiger partial charge < -0.3 is 34.6 Å². The number of carbonyl (C=O) groups excluding carboxylic acids is 3. The molecule has 2 bridgehead atoms. The molecule has 3 fully saturated rings. The van der Waals surface area contributed by atoms with Gasteiger partial charge in [0.05, 0.1) is 35.7 Å². The average Bonchev–Trinajstić information content (AvgIpc) is 2.95. The monoisotopic (exact) mass is 600 g/mol. The normalized spacial score (nSPS) is 40.8. The van der Waals surface area contributed by atoms with Crippen molar-refractivity contribution in [1.29, 1.82) is 0 Å². The largest absolute Gasteiger partial charge is 0.458 e. The molecule has 0 radical (unpaired) electrons. The number of esters is 2. The van der Waals surface area contributed by atoms with Gasteiger partial charge in [-0.25, -0.2) is 4.79 Å². The van der Waals surface area contributed by atoms with Gasteiger partial charge in [-0.2, -0.15) is 0 Å². The first kappa shape index (κ1) is 31.8. The topological polar surface area (TPSA) is 160 Å². The maximum atomic E-state index is 14.4. The lowest BCUT2D eigenvalue weighted by Gasteiger charge is -2.66. The molecule has 2 saturated carbocycles. The highest BCUT2D eigenvalue weighted by Gasteiger charge is 2.76. The molecule has 43 heavy (non-hydrogen) atoms. The number of benzene rings is 1. The first-order chi connectivity index (χ1) is 19.9. The zero-order chi connectivity index (χ0) is 31.9. The van der Waals surface area contributed by atoms with Crippen LogP contribution in [0.4, 0.5) is 0 Å². The van der Waals surface area contributed by atoms with Crippen molar-refractivity contribution in [3.05, 3.63) is 47.0 Å². The summed E-state index contributed by atoms with van der Waals surface area (Å²) in [5.41, 5.74) is -6.40. The number of aliphatic hydroxyl groups is 4. The summed E-state index contributed by atoms with van der Waals surface area (Å²) in [6.07, 6.45) is -7.08. The van der Waals surface area contributed by atoms with E-state index in [-0.39, 0.29) is 36.5 Å². The van der Waals surface area contributed by atoms with Gasteiger partial charge in [0, 0.05) is 24.2 Å². The van der Waals surface area contributed by atoms with Crippen LogP contribution in [0, 0.1) is 28.6 Å². The second-order valence-corrected chi connectivity index (χ2v) is 14.1. The van der Waals surface area contributed by atoms with E-state index in [1.165, 1.54) is 6.92 Å². The van der Waals surface area contributed by atoms with Crippen LogP contribution in [-0.2, 0) is 23.8 Å². The van der Waals surface area contributed by atoms with Gasteiger partial charge in [-0.15, -0.1) is 0 Å². The van der Waals surface area contributed by atoms with Crippen molar-refractivity contribution in [3.63, 3.8) is 0 Å². The molecule has 7 unspecified atom stereocenters. The van der Waals surface area contributed by atoms with E-state index in [2.05, 4.69) is 0 Å². The molecule has 1 aliphatic heterocycles. The van der Waals surface area contributed by atoms with Gasteiger partial charge in [-0.3, -0.25) is 9.59 Å². The van der Waals surface area contributed by atoms with E-state index < -0.39 is 82.1 Å². The van der Waals surface area contributed by atoms with Crippen molar-refractivity contribution in [2.75, 3.05) is 6.61 Å². The molecule has 4 aliphatic rings. The minimum Gasteiger partial charge on any atom is -0.458 e. The SMILES string of the molecule is CC1=C2C(O)C(=O)[C@]3(C)C(O)CC4OC[C@@]4(O)C3C(OC(=O)c3ccccc3)C(O)(CC1OC(=O)[C@H](C)C(C)C)C2(C)C. The van der Waals surface area contributed by atoms with Crippen LogP contribution in [0.1, 0.15) is 71.7 Å². The molecule has 1 saturated heterocycles. The number of rotatable bonds is 5. The van der Waals surface area contributed by atoms with Crippen molar-refractivity contribution in [2.24, 2.45) is 28.6 Å². The minimum atomic E-state index is -2.08. The Balaban J connectivity index is 1.74. The fourth-order valence-corrected chi connectivity index (χ4v) is 7.90. The van der Waals surface area contributed by atoms with Crippen molar-refractivity contribution in [2.45, 2.75) is 103 Å². The lowest BCUT2D eigenvalue weighted by molar-refractivity contribution is -0.343. The highest BCUT2D eigenvalue weighted by atomic mass is 16.6. The van der Waals surface area contributed by atoms with Crippen molar-refractivity contribution >= 4 is 17.7 Å². The van der Waals surface area contributed by atoms with Crippen LogP contribution in [0.2, 0.25) is 0 Å². The van der Waals surface area contributed by atoms with Crippen molar-refractivity contribution in [1.82, 2.24) is 0 Å². The maximum absolute atomic E-state index is 14.4. The summed E-state index contributed by atoms with van der Waals surface area (Å²) in [4.78, 5) is 41.3. The quantitative estimate of drug-likeness (QED) is 0.292. The predicted molar refractivity (Wildman–Crippen MR) is 153 cm³/mol. The molecule has 10 nitrogen and oxygen atoms in total. The third kappa shape index (κ3) is 4.43. The van der Waals surface area contributed by atoms with Gasteiger partial charge in [-0.05, 0) is 43.0 Å². The lowest BCUT2D eigenvalue weighted by atomic mass is 9.44. The molecule has 3 aliphatic carbocycles. The van der Waals surface area contributed by atoms with E-state index in [1.807, 2.05) is 13.8 Å². The fourth-order valence-electron chi connectivity index (χ4n) is 7.90. The van der Waals surface area contributed by atoms with E-state index in [0.717, 1.165) is 0 Å². The Morgan fingerprint density at radius 2 is 1.65 bits per heavy atom. The molecule has 10 heteroatoms. The van der Waals surface area contributed by atoms with Crippen LogP contribution >= 0.6 is 0 Å². The van der Waals surface area contributed by atoms with Crippen LogP contribution in [0.25, 0.3) is 0 Å². The molecule has 1 aromatic carbocycles. The molecule has 4 N–H and O–H groups in total. The second-order valence-electron chi connectivity index (χ2n) is 14.1. The number of fused-ring (bicyclic) bond motifs is 5. The minimum absolute atomic E-state index is 0.0324. The molecule has 236 valence electrons. The number of aliphatic hydroxyl groups excluding tert-OH is 2. The zero-order valence-corrected chi connectivity index (χ0v) is 25.9. The summed E-state index contributed by atoms with van der Waals surface area (Å²) in [5.74, 6) is -3.99. The van der Waals surface area contributed by atoms with E-state index in [9.17, 15) is 34.8 Å². The highest BCUT2D eigenvalue weighted by molar-refractivity contribution is 5.94. The summed E-state index contributed by atoms with van der Waals surface area (Å²) in [5, 5.41) is 48.3. The van der Waals surface area contributed by atoms with Crippen LogP contribution in [0.5, 0.6) is 0 Å². The zero-order valence-electron chi connectivity index (χ0n) is 25.9. The average molecular weight is 601 g/mol. The Morgan fingerprint density at radius 1 is 1.02 bits per heavy atom. The van der Waals surface area contributed by atoms with Gasteiger partial charge in [0.15, 0.2) is 5.78 Å². The molecule has 1 aromatic rings. The van der Waals surface area contributed by atoms with E-state index in [1.54, 1.807) is 58.0 Å². The Bertz CT molecular complexity index is 1340. The number of Topliss-reactive ketones (excluding diaryl/α,β-unsaturated/α-hetero) is 1. The predicted octanol–water partition coefficient (Wildman–Crippen LogP) is 2.35. The molecule has 5 rings (SSSR count). The lowest BCUT2D eigenvalue weighted by Crippen LogP contribution is -2.81. The molecule has 1 heterocycles. The van der Waals surface area contributed by atoms with Gasteiger partial charge in [0.2, 0.25) is 0 Å².